The molecule has 0 fully saturated rings. The van der Waals surface area contributed by atoms with Gasteiger partial charge in [-0.3, -0.25) is 0 Å². The van der Waals surface area contributed by atoms with Crippen LogP contribution in [0.15, 0.2) is 29.2 Å². The highest BCUT2D eigenvalue weighted by atomic mass is 79.9. The molecule has 0 unspecified atom stereocenters. The molecule has 0 aliphatic carbocycles. The van der Waals surface area contributed by atoms with Gasteiger partial charge < -0.3 is 4.74 Å². The predicted molar refractivity (Wildman–Crippen MR) is 71.0 cm³/mol. The Morgan fingerprint density at radius 2 is 2.12 bits per heavy atom. The zero-order chi connectivity index (χ0) is 12.7. The second kappa shape index (κ2) is 7.10. The third kappa shape index (κ3) is 5.16. The predicted octanol–water partition coefficient (Wildman–Crippen LogP) is 1.68. The maximum absolute atomic E-state index is 11.8. The lowest BCUT2D eigenvalue weighted by Crippen LogP contribution is -2.27. The van der Waals surface area contributed by atoms with E-state index in [1.54, 1.807) is 18.2 Å². The Morgan fingerprint density at radius 1 is 1.35 bits per heavy atom. The third-order valence-corrected chi connectivity index (χ3v) is 3.84. The summed E-state index contributed by atoms with van der Waals surface area (Å²) in [5.41, 5.74) is 0.920. The fourth-order valence-electron chi connectivity index (χ4n) is 1.27. The fraction of sp³-hybridized carbons (Fsp3) is 0.455. The van der Waals surface area contributed by atoms with Crippen molar-refractivity contribution in [2.24, 2.45) is 0 Å². The van der Waals surface area contributed by atoms with Crippen molar-refractivity contribution in [3.63, 3.8) is 0 Å². The lowest BCUT2D eigenvalue weighted by Gasteiger charge is -2.07. The summed E-state index contributed by atoms with van der Waals surface area (Å²) in [6, 6.07) is 6.81. The van der Waals surface area contributed by atoms with E-state index >= 15 is 0 Å². The summed E-state index contributed by atoms with van der Waals surface area (Å²) in [6.07, 6.45) is 0. The molecule has 1 N–H and O–H groups in total. The van der Waals surface area contributed by atoms with Crippen LogP contribution in [0.4, 0.5) is 0 Å². The molecule has 17 heavy (non-hydrogen) atoms. The van der Waals surface area contributed by atoms with Crippen LogP contribution in [0.2, 0.25) is 0 Å². The van der Waals surface area contributed by atoms with E-state index in [4.69, 9.17) is 4.74 Å². The van der Waals surface area contributed by atoms with Gasteiger partial charge in [0.1, 0.15) is 0 Å². The molecule has 0 radical (unpaired) electrons. The fourth-order valence-corrected chi connectivity index (χ4v) is 2.62. The normalized spacial score (nSPS) is 11.6. The van der Waals surface area contributed by atoms with Crippen LogP contribution in [0.25, 0.3) is 0 Å². The number of rotatable bonds is 7. The first-order valence-corrected chi connectivity index (χ1v) is 7.87. The van der Waals surface area contributed by atoms with Gasteiger partial charge in [0, 0.05) is 11.9 Å². The van der Waals surface area contributed by atoms with E-state index in [0.717, 1.165) is 10.9 Å². The van der Waals surface area contributed by atoms with Crippen molar-refractivity contribution in [2.75, 3.05) is 25.1 Å². The Morgan fingerprint density at radius 3 is 2.76 bits per heavy atom. The zero-order valence-electron chi connectivity index (χ0n) is 9.65. The van der Waals surface area contributed by atoms with Gasteiger partial charge in [0.25, 0.3) is 0 Å². The van der Waals surface area contributed by atoms with E-state index in [1.807, 2.05) is 13.0 Å². The van der Waals surface area contributed by atoms with E-state index in [-0.39, 0.29) is 11.4 Å². The van der Waals surface area contributed by atoms with Crippen molar-refractivity contribution < 1.29 is 13.2 Å². The van der Waals surface area contributed by atoms with Crippen LogP contribution < -0.4 is 4.72 Å². The van der Waals surface area contributed by atoms with Gasteiger partial charge in [0.15, 0.2) is 0 Å². The van der Waals surface area contributed by atoms with Crippen LogP contribution in [0.1, 0.15) is 5.56 Å². The van der Waals surface area contributed by atoms with Crippen LogP contribution in [0, 0.1) is 6.92 Å². The third-order valence-electron chi connectivity index (χ3n) is 2.06. The molecule has 1 aromatic rings. The van der Waals surface area contributed by atoms with Crippen LogP contribution in [0.3, 0.4) is 0 Å². The molecule has 0 aliphatic rings. The van der Waals surface area contributed by atoms with Crippen molar-refractivity contribution in [1.82, 2.24) is 4.72 Å². The highest BCUT2D eigenvalue weighted by Crippen LogP contribution is 2.10. The highest BCUT2D eigenvalue weighted by Gasteiger charge is 2.12. The minimum Gasteiger partial charge on any atom is -0.379 e. The van der Waals surface area contributed by atoms with E-state index in [1.165, 1.54) is 0 Å². The summed E-state index contributed by atoms with van der Waals surface area (Å²) in [4.78, 5) is 0.290. The molecule has 6 heteroatoms. The standard InChI is InChI=1S/C11H16BrNO3S/c1-10-3-2-4-11(9-10)17(14,15)13-6-8-16-7-5-12/h2-4,9,13H,5-8H2,1H3. The minimum absolute atomic E-state index is 0.281. The Kier molecular flexibility index (Phi) is 6.11. The second-order valence-corrected chi connectivity index (χ2v) is 6.08. The number of hydrogen-bond acceptors (Lipinski definition) is 3. The number of halogens is 1. The maximum Gasteiger partial charge on any atom is 0.240 e. The van der Waals surface area contributed by atoms with Gasteiger partial charge in [-0.15, -0.1) is 0 Å². The average Bonchev–Trinajstić information content (AvgIpc) is 2.29. The molecule has 96 valence electrons. The number of ether oxygens (including phenoxy) is 1. The van der Waals surface area contributed by atoms with E-state index in [9.17, 15) is 8.42 Å². The molecule has 1 rings (SSSR count). The summed E-state index contributed by atoms with van der Waals surface area (Å²) in [7, 11) is -3.41. The molecule has 1 aromatic carbocycles. The zero-order valence-corrected chi connectivity index (χ0v) is 12.1. The van der Waals surface area contributed by atoms with Gasteiger partial charge in [-0.1, -0.05) is 28.1 Å². The summed E-state index contributed by atoms with van der Waals surface area (Å²) in [6.45, 7) is 3.09. The molecular weight excluding hydrogens is 306 g/mol. The Bertz CT molecular complexity index is 448. The molecule has 0 aromatic heterocycles. The molecule has 0 heterocycles. The summed E-state index contributed by atoms with van der Waals surface area (Å²) in [5.74, 6) is 0. The van der Waals surface area contributed by atoms with Crippen molar-refractivity contribution in [1.29, 1.82) is 0 Å². The van der Waals surface area contributed by atoms with Crippen molar-refractivity contribution in [3.8, 4) is 0 Å². The first-order valence-electron chi connectivity index (χ1n) is 5.26. The molecule has 0 atom stereocenters. The van der Waals surface area contributed by atoms with Crippen molar-refractivity contribution >= 4 is 26.0 Å². The summed E-state index contributed by atoms with van der Waals surface area (Å²) in [5, 5.41) is 0.748. The van der Waals surface area contributed by atoms with E-state index < -0.39 is 10.0 Å². The van der Waals surface area contributed by atoms with Crippen LogP contribution in [0.5, 0.6) is 0 Å². The van der Waals surface area contributed by atoms with Gasteiger partial charge >= 0.3 is 0 Å². The lowest BCUT2D eigenvalue weighted by atomic mass is 10.2. The van der Waals surface area contributed by atoms with Crippen LogP contribution in [-0.2, 0) is 14.8 Å². The van der Waals surface area contributed by atoms with E-state index in [2.05, 4.69) is 20.7 Å². The van der Waals surface area contributed by atoms with Crippen LogP contribution >= 0.6 is 15.9 Å². The topological polar surface area (TPSA) is 55.4 Å². The van der Waals surface area contributed by atoms with Crippen molar-refractivity contribution in [3.05, 3.63) is 29.8 Å². The molecule has 0 aliphatic heterocycles. The number of sulfonamides is 1. The van der Waals surface area contributed by atoms with Gasteiger partial charge in [0.2, 0.25) is 10.0 Å². The number of hydrogen-bond donors (Lipinski definition) is 1. The maximum atomic E-state index is 11.8. The SMILES string of the molecule is Cc1cccc(S(=O)(=O)NCCOCCBr)c1. The molecular formula is C11H16BrNO3S. The lowest BCUT2D eigenvalue weighted by molar-refractivity contribution is 0.156. The monoisotopic (exact) mass is 321 g/mol. The molecule has 0 amide bonds. The van der Waals surface area contributed by atoms with Gasteiger partial charge in [-0.2, -0.15) is 0 Å². The van der Waals surface area contributed by atoms with Gasteiger partial charge in [0.05, 0.1) is 18.1 Å². The van der Waals surface area contributed by atoms with Crippen LogP contribution in [-0.4, -0.2) is 33.5 Å². The number of benzene rings is 1. The summed E-state index contributed by atoms with van der Waals surface area (Å²) >= 11 is 3.22. The van der Waals surface area contributed by atoms with Gasteiger partial charge in [-0.05, 0) is 24.6 Å². The largest absolute Gasteiger partial charge is 0.379 e. The van der Waals surface area contributed by atoms with E-state index in [0.29, 0.717) is 13.2 Å². The quantitative estimate of drug-likeness (QED) is 0.614. The summed E-state index contributed by atoms with van der Waals surface area (Å²) < 4.78 is 31.3. The van der Waals surface area contributed by atoms with Gasteiger partial charge in [-0.25, -0.2) is 13.1 Å². The number of aryl methyl sites for hydroxylation is 1. The molecule has 0 saturated heterocycles. The number of alkyl halides is 1. The number of nitrogens with one attached hydrogen (secondary N) is 1. The van der Waals surface area contributed by atoms with Crippen molar-refractivity contribution in [2.45, 2.75) is 11.8 Å². The molecule has 0 saturated carbocycles. The smallest absolute Gasteiger partial charge is 0.240 e. The molecule has 0 spiro atoms. The molecule has 4 nitrogen and oxygen atoms in total. The average molecular weight is 322 g/mol. The highest BCUT2D eigenvalue weighted by molar-refractivity contribution is 9.09. The Labute approximate surface area is 111 Å². The minimum atomic E-state index is -3.41. The first-order chi connectivity index (χ1) is 8.06. The molecule has 0 bridgehead atoms. The Balaban J connectivity index is 2.51. The Hall–Kier alpha value is -0.430. The first kappa shape index (κ1) is 14.6. The second-order valence-electron chi connectivity index (χ2n) is 3.52.